The van der Waals surface area contributed by atoms with Gasteiger partial charge in [-0.15, -0.1) is 0 Å². The van der Waals surface area contributed by atoms with Gasteiger partial charge in [0.1, 0.15) is 0 Å². The van der Waals surface area contributed by atoms with Gasteiger partial charge in [0.25, 0.3) is 0 Å². The van der Waals surface area contributed by atoms with Crippen LogP contribution in [0.25, 0.3) is 0 Å². The van der Waals surface area contributed by atoms with Gasteiger partial charge in [-0.05, 0) is 37.5 Å². The van der Waals surface area contributed by atoms with Crippen LogP contribution in [0.3, 0.4) is 0 Å². The largest absolute Gasteiger partial charge is 0.390 e. The van der Waals surface area contributed by atoms with Gasteiger partial charge < -0.3 is 10.2 Å². The van der Waals surface area contributed by atoms with Gasteiger partial charge in [0.15, 0.2) is 0 Å². The summed E-state index contributed by atoms with van der Waals surface area (Å²) >= 11 is 0. The molecular formula is C15H21F3N2. The minimum absolute atomic E-state index is 0.470. The molecule has 0 spiro atoms. The minimum atomic E-state index is -4.11. The van der Waals surface area contributed by atoms with E-state index in [0.29, 0.717) is 6.54 Å². The molecule has 1 unspecified atom stereocenters. The number of rotatable bonds is 5. The molecule has 0 aliphatic carbocycles. The molecular weight excluding hydrogens is 265 g/mol. The Labute approximate surface area is 118 Å². The topological polar surface area (TPSA) is 15.3 Å². The van der Waals surface area contributed by atoms with Crippen LogP contribution in [-0.2, 0) is 6.54 Å². The van der Waals surface area contributed by atoms with E-state index >= 15 is 0 Å². The Kier molecular flexibility index (Phi) is 4.91. The highest BCUT2D eigenvalue weighted by Gasteiger charge is 2.29. The van der Waals surface area contributed by atoms with Gasteiger partial charge in [-0.25, -0.2) is 0 Å². The molecule has 1 saturated heterocycles. The van der Waals surface area contributed by atoms with Crippen LogP contribution in [0.1, 0.15) is 31.7 Å². The number of nitrogens with one attached hydrogen (secondary N) is 1. The number of alkyl halides is 3. The van der Waals surface area contributed by atoms with Crippen molar-refractivity contribution in [1.82, 2.24) is 5.32 Å². The highest BCUT2D eigenvalue weighted by molar-refractivity contribution is 5.48. The monoisotopic (exact) mass is 286 g/mol. The molecule has 0 saturated carbocycles. The van der Waals surface area contributed by atoms with E-state index in [-0.39, 0.29) is 0 Å². The quantitative estimate of drug-likeness (QED) is 0.887. The van der Waals surface area contributed by atoms with Gasteiger partial charge in [-0.3, -0.25) is 0 Å². The lowest BCUT2D eigenvalue weighted by Gasteiger charge is -2.19. The summed E-state index contributed by atoms with van der Waals surface area (Å²) in [6, 6.07) is 7.52. The van der Waals surface area contributed by atoms with Crippen LogP contribution < -0.4 is 10.2 Å². The molecule has 1 aliphatic rings. The lowest BCUT2D eigenvalue weighted by molar-refractivity contribution is -0.139. The molecule has 112 valence electrons. The zero-order chi connectivity index (χ0) is 14.6. The van der Waals surface area contributed by atoms with Crippen LogP contribution in [-0.4, -0.2) is 25.3 Å². The SMILES string of the molecule is CC(CC(F)(F)F)NCc1ccc(N2CCCC2)cc1. The molecule has 5 heteroatoms. The van der Waals surface area contributed by atoms with Crippen LogP contribution >= 0.6 is 0 Å². The Hall–Kier alpha value is -1.23. The first-order chi connectivity index (χ1) is 9.44. The van der Waals surface area contributed by atoms with Gasteiger partial charge in [0.2, 0.25) is 0 Å². The van der Waals surface area contributed by atoms with Crippen molar-refractivity contribution in [1.29, 1.82) is 0 Å². The van der Waals surface area contributed by atoms with Gasteiger partial charge in [-0.1, -0.05) is 12.1 Å². The molecule has 0 aromatic heterocycles. The average Bonchev–Trinajstić information content (AvgIpc) is 2.89. The van der Waals surface area contributed by atoms with E-state index in [9.17, 15) is 13.2 Å². The zero-order valence-corrected chi connectivity index (χ0v) is 11.7. The van der Waals surface area contributed by atoms with E-state index < -0.39 is 18.6 Å². The highest BCUT2D eigenvalue weighted by atomic mass is 19.4. The molecule has 0 amide bonds. The molecule has 1 aromatic rings. The molecule has 0 bridgehead atoms. The normalized spacial score (nSPS) is 17.5. The summed E-state index contributed by atoms with van der Waals surface area (Å²) in [4.78, 5) is 2.34. The zero-order valence-electron chi connectivity index (χ0n) is 11.7. The lowest BCUT2D eigenvalue weighted by Crippen LogP contribution is -2.30. The van der Waals surface area contributed by atoms with Gasteiger partial charge in [0, 0.05) is 31.4 Å². The molecule has 1 heterocycles. The van der Waals surface area contributed by atoms with Crippen LogP contribution in [0, 0.1) is 0 Å². The summed E-state index contributed by atoms with van der Waals surface area (Å²) in [6.45, 7) is 4.23. The van der Waals surface area contributed by atoms with Gasteiger partial charge in [0.05, 0.1) is 6.42 Å². The fraction of sp³-hybridized carbons (Fsp3) is 0.600. The van der Waals surface area contributed by atoms with Crippen molar-refractivity contribution in [3.8, 4) is 0 Å². The van der Waals surface area contributed by atoms with Crippen molar-refractivity contribution in [3.63, 3.8) is 0 Å². The van der Waals surface area contributed by atoms with Crippen molar-refractivity contribution in [3.05, 3.63) is 29.8 Å². The van der Waals surface area contributed by atoms with E-state index in [1.807, 2.05) is 12.1 Å². The predicted molar refractivity (Wildman–Crippen MR) is 74.9 cm³/mol. The van der Waals surface area contributed by atoms with Crippen molar-refractivity contribution < 1.29 is 13.2 Å². The van der Waals surface area contributed by atoms with Crippen molar-refractivity contribution in [2.24, 2.45) is 0 Å². The van der Waals surface area contributed by atoms with Gasteiger partial charge in [-0.2, -0.15) is 13.2 Å². The molecule has 2 nitrogen and oxygen atoms in total. The first-order valence-corrected chi connectivity index (χ1v) is 7.08. The summed E-state index contributed by atoms with van der Waals surface area (Å²) in [5.41, 5.74) is 2.22. The van der Waals surface area contributed by atoms with Crippen molar-refractivity contribution in [2.45, 2.75) is 44.9 Å². The predicted octanol–water partition coefficient (Wildman–Crippen LogP) is 3.72. The standard InChI is InChI=1S/C15H21F3N2/c1-12(10-15(16,17)18)19-11-13-4-6-14(7-5-13)20-8-2-3-9-20/h4-7,12,19H,2-3,8-11H2,1H3. The second kappa shape index (κ2) is 6.48. The van der Waals surface area contributed by atoms with Crippen LogP contribution in [0.15, 0.2) is 24.3 Å². The van der Waals surface area contributed by atoms with Crippen LogP contribution in [0.2, 0.25) is 0 Å². The molecule has 20 heavy (non-hydrogen) atoms. The molecule has 1 aliphatic heterocycles. The fourth-order valence-corrected chi connectivity index (χ4v) is 2.51. The summed E-state index contributed by atoms with van der Waals surface area (Å²) in [7, 11) is 0. The first-order valence-electron chi connectivity index (χ1n) is 7.08. The number of nitrogens with zero attached hydrogens (tertiary/aromatic N) is 1. The van der Waals surface area contributed by atoms with Gasteiger partial charge >= 0.3 is 6.18 Å². The maximum Gasteiger partial charge on any atom is 0.390 e. The third-order valence-corrected chi connectivity index (χ3v) is 3.60. The van der Waals surface area contributed by atoms with Crippen LogP contribution in [0.4, 0.5) is 18.9 Å². The number of halogens is 3. The fourth-order valence-electron chi connectivity index (χ4n) is 2.51. The van der Waals surface area contributed by atoms with E-state index in [2.05, 4.69) is 22.3 Å². The van der Waals surface area contributed by atoms with E-state index in [1.165, 1.54) is 18.5 Å². The van der Waals surface area contributed by atoms with E-state index in [4.69, 9.17) is 0 Å². The Balaban J connectivity index is 1.81. The second-order valence-electron chi connectivity index (χ2n) is 5.46. The number of benzene rings is 1. The Morgan fingerprint density at radius 3 is 2.30 bits per heavy atom. The van der Waals surface area contributed by atoms with E-state index in [1.54, 1.807) is 6.92 Å². The Morgan fingerprint density at radius 1 is 1.15 bits per heavy atom. The van der Waals surface area contributed by atoms with E-state index in [0.717, 1.165) is 18.7 Å². The van der Waals surface area contributed by atoms with Crippen molar-refractivity contribution in [2.75, 3.05) is 18.0 Å². The molecule has 0 radical (unpaired) electrons. The average molecular weight is 286 g/mol. The molecule has 2 rings (SSSR count). The third kappa shape index (κ3) is 4.71. The lowest BCUT2D eigenvalue weighted by atomic mass is 10.1. The summed E-state index contributed by atoms with van der Waals surface area (Å²) in [5.74, 6) is 0. The molecule has 1 N–H and O–H groups in total. The minimum Gasteiger partial charge on any atom is -0.372 e. The Morgan fingerprint density at radius 2 is 1.75 bits per heavy atom. The maximum atomic E-state index is 12.2. The molecule has 1 fully saturated rings. The number of hydrogen-bond donors (Lipinski definition) is 1. The smallest absolute Gasteiger partial charge is 0.372 e. The molecule has 1 atom stereocenters. The summed E-state index contributed by atoms with van der Waals surface area (Å²) in [5, 5.41) is 2.91. The Bertz CT molecular complexity index is 408. The molecule has 1 aromatic carbocycles. The van der Waals surface area contributed by atoms with Crippen molar-refractivity contribution >= 4 is 5.69 Å². The second-order valence-corrected chi connectivity index (χ2v) is 5.46. The first kappa shape index (κ1) is 15.2. The summed E-state index contributed by atoms with van der Waals surface area (Å²) in [6.07, 6.45) is -2.43. The number of hydrogen-bond acceptors (Lipinski definition) is 2. The summed E-state index contributed by atoms with van der Waals surface area (Å²) < 4.78 is 36.6. The highest BCUT2D eigenvalue weighted by Crippen LogP contribution is 2.22. The van der Waals surface area contributed by atoms with Crippen LogP contribution in [0.5, 0.6) is 0 Å². The third-order valence-electron chi connectivity index (χ3n) is 3.60. The number of anilines is 1. The maximum absolute atomic E-state index is 12.2.